The number of ether oxygens (including phenoxy) is 1. The molecule has 0 unspecified atom stereocenters. The number of hydrogen-bond donors (Lipinski definition) is 2. The van der Waals surface area contributed by atoms with Gasteiger partial charge in [0.25, 0.3) is 0 Å². The molecule has 168 valence electrons. The van der Waals surface area contributed by atoms with Gasteiger partial charge in [-0.1, -0.05) is 17.7 Å². The van der Waals surface area contributed by atoms with Gasteiger partial charge in [-0.25, -0.2) is 18.1 Å². The standard InChI is InChI=1S/C23H26N4O4S/c1-16-13-17(2)22(18(3)14-16)32(29,30)26-12-8-21(28)27-23-20(5-4-9-25-23)31-15-19-6-10-24-11-7-19/h4-7,9-11,13-14,26H,8,12,15H2,1-3H3,(H,25,27,28). The van der Waals surface area contributed by atoms with Crippen LogP contribution in [0.5, 0.6) is 5.75 Å². The Balaban J connectivity index is 1.58. The van der Waals surface area contributed by atoms with E-state index in [0.717, 1.165) is 11.1 Å². The number of nitrogens with one attached hydrogen (secondary N) is 2. The lowest BCUT2D eigenvalue weighted by molar-refractivity contribution is -0.116. The molecule has 1 aromatic carbocycles. The molecule has 3 rings (SSSR count). The Kier molecular flexibility index (Phi) is 7.55. The van der Waals surface area contributed by atoms with E-state index in [1.54, 1.807) is 44.6 Å². The fourth-order valence-electron chi connectivity index (χ4n) is 3.40. The predicted octanol–water partition coefficient (Wildman–Crippen LogP) is 3.29. The summed E-state index contributed by atoms with van der Waals surface area (Å²) in [7, 11) is -3.73. The second-order valence-electron chi connectivity index (χ2n) is 7.42. The topological polar surface area (TPSA) is 110 Å². The fourth-order valence-corrected chi connectivity index (χ4v) is 4.88. The highest BCUT2D eigenvalue weighted by atomic mass is 32.2. The molecule has 0 aliphatic carbocycles. The lowest BCUT2D eigenvalue weighted by Crippen LogP contribution is -2.29. The van der Waals surface area contributed by atoms with E-state index < -0.39 is 10.0 Å². The third-order valence-corrected chi connectivity index (χ3v) is 6.46. The summed E-state index contributed by atoms with van der Waals surface area (Å²) in [6, 6.07) is 10.7. The van der Waals surface area contributed by atoms with Gasteiger partial charge in [0.15, 0.2) is 11.6 Å². The Morgan fingerprint density at radius 2 is 1.72 bits per heavy atom. The summed E-state index contributed by atoms with van der Waals surface area (Å²) in [6.45, 7) is 5.69. The van der Waals surface area contributed by atoms with Crippen molar-refractivity contribution in [3.63, 3.8) is 0 Å². The number of rotatable bonds is 9. The van der Waals surface area contributed by atoms with Gasteiger partial charge in [0, 0.05) is 31.6 Å². The van der Waals surface area contributed by atoms with Crippen molar-refractivity contribution < 1.29 is 17.9 Å². The van der Waals surface area contributed by atoms with Gasteiger partial charge in [-0.3, -0.25) is 9.78 Å². The quantitative estimate of drug-likeness (QED) is 0.513. The van der Waals surface area contributed by atoms with Crippen LogP contribution in [0, 0.1) is 20.8 Å². The van der Waals surface area contributed by atoms with Crippen LogP contribution in [0.15, 0.2) is 59.9 Å². The largest absolute Gasteiger partial charge is 0.485 e. The van der Waals surface area contributed by atoms with Crippen molar-refractivity contribution in [2.45, 2.75) is 38.7 Å². The Bertz CT molecular complexity index is 1170. The Morgan fingerprint density at radius 1 is 1.03 bits per heavy atom. The van der Waals surface area contributed by atoms with E-state index in [4.69, 9.17) is 4.74 Å². The minimum atomic E-state index is -3.73. The third-order valence-electron chi connectivity index (χ3n) is 4.69. The highest BCUT2D eigenvalue weighted by molar-refractivity contribution is 7.89. The van der Waals surface area contributed by atoms with Crippen LogP contribution < -0.4 is 14.8 Å². The van der Waals surface area contributed by atoms with Crippen LogP contribution in [-0.2, 0) is 21.4 Å². The van der Waals surface area contributed by atoms with Gasteiger partial charge in [0.05, 0.1) is 4.90 Å². The van der Waals surface area contributed by atoms with Gasteiger partial charge in [0.2, 0.25) is 15.9 Å². The highest BCUT2D eigenvalue weighted by Gasteiger charge is 2.20. The molecular weight excluding hydrogens is 428 g/mol. The number of carbonyl (C=O) groups is 1. The lowest BCUT2D eigenvalue weighted by atomic mass is 10.1. The van der Waals surface area contributed by atoms with Crippen molar-refractivity contribution in [3.05, 3.63) is 77.2 Å². The Hall–Kier alpha value is -3.30. The maximum atomic E-state index is 12.7. The van der Waals surface area contributed by atoms with Crippen molar-refractivity contribution in [2.75, 3.05) is 11.9 Å². The molecule has 9 heteroatoms. The maximum absolute atomic E-state index is 12.7. The van der Waals surface area contributed by atoms with Crippen LogP contribution in [0.4, 0.5) is 5.82 Å². The van der Waals surface area contributed by atoms with Gasteiger partial charge in [-0.2, -0.15) is 0 Å². The van der Waals surface area contributed by atoms with E-state index in [-0.39, 0.29) is 29.6 Å². The van der Waals surface area contributed by atoms with E-state index in [0.29, 0.717) is 23.5 Å². The molecule has 1 amide bonds. The highest BCUT2D eigenvalue weighted by Crippen LogP contribution is 2.23. The molecule has 2 heterocycles. The maximum Gasteiger partial charge on any atom is 0.241 e. The van der Waals surface area contributed by atoms with Crippen molar-refractivity contribution in [1.29, 1.82) is 0 Å². The first kappa shape index (κ1) is 23.4. The molecule has 0 aliphatic rings. The molecule has 0 atom stereocenters. The van der Waals surface area contributed by atoms with E-state index in [1.807, 2.05) is 31.2 Å². The van der Waals surface area contributed by atoms with Crippen molar-refractivity contribution in [2.24, 2.45) is 0 Å². The molecule has 2 N–H and O–H groups in total. The van der Waals surface area contributed by atoms with Gasteiger partial charge >= 0.3 is 0 Å². The molecule has 0 bridgehead atoms. The zero-order valence-corrected chi connectivity index (χ0v) is 19.1. The first-order valence-electron chi connectivity index (χ1n) is 10.1. The number of amides is 1. The van der Waals surface area contributed by atoms with Crippen LogP contribution in [0.1, 0.15) is 28.7 Å². The molecule has 0 saturated carbocycles. The molecule has 0 spiro atoms. The zero-order valence-electron chi connectivity index (χ0n) is 18.3. The second-order valence-corrected chi connectivity index (χ2v) is 9.12. The van der Waals surface area contributed by atoms with E-state index in [1.165, 1.54) is 0 Å². The number of nitrogens with zero attached hydrogens (tertiary/aromatic N) is 2. The predicted molar refractivity (Wildman–Crippen MR) is 122 cm³/mol. The van der Waals surface area contributed by atoms with Gasteiger partial charge in [-0.05, 0) is 61.7 Å². The monoisotopic (exact) mass is 454 g/mol. The minimum Gasteiger partial charge on any atom is -0.485 e. The first-order valence-corrected chi connectivity index (χ1v) is 11.6. The van der Waals surface area contributed by atoms with Gasteiger partial charge in [0.1, 0.15) is 6.61 Å². The summed E-state index contributed by atoms with van der Waals surface area (Å²) in [4.78, 5) is 20.8. The number of benzene rings is 1. The van der Waals surface area contributed by atoms with E-state index >= 15 is 0 Å². The SMILES string of the molecule is Cc1cc(C)c(S(=O)(=O)NCCC(=O)Nc2ncccc2OCc2ccncc2)c(C)c1. The summed E-state index contributed by atoms with van der Waals surface area (Å²) < 4.78 is 33.7. The molecule has 2 aromatic heterocycles. The Morgan fingerprint density at radius 3 is 2.41 bits per heavy atom. The lowest BCUT2D eigenvalue weighted by Gasteiger charge is -2.14. The zero-order chi connectivity index (χ0) is 23.1. The fraction of sp³-hybridized carbons (Fsp3) is 0.261. The summed E-state index contributed by atoms with van der Waals surface area (Å²) in [5.41, 5.74) is 3.26. The number of hydrogen-bond acceptors (Lipinski definition) is 6. The summed E-state index contributed by atoms with van der Waals surface area (Å²) in [6.07, 6.45) is 4.83. The van der Waals surface area contributed by atoms with Crippen LogP contribution in [0.3, 0.4) is 0 Å². The van der Waals surface area contributed by atoms with E-state index in [2.05, 4.69) is 20.0 Å². The number of carbonyl (C=O) groups excluding carboxylic acids is 1. The smallest absolute Gasteiger partial charge is 0.241 e. The number of aryl methyl sites for hydroxylation is 3. The van der Waals surface area contributed by atoms with Gasteiger partial charge in [-0.15, -0.1) is 0 Å². The minimum absolute atomic E-state index is 0.0407. The second kappa shape index (κ2) is 10.3. The number of aromatic nitrogens is 2. The van der Waals surface area contributed by atoms with Crippen LogP contribution in [-0.4, -0.2) is 30.8 Å². The first-order chi connectivity index (χ1) is 15.3. The summed E-state index contributed by atoms with van der Waals surface area (Å²) in [5, 5.41) is 2.68. The van der Waals surface area contributed by atoms with Crippen molar-refractivity contribution >= 4 is 21.7 Å². The molecule has 32 heavy (non-hydrogen) atoms. The molecule has 0 radical (unpaired) electrons. The van der Waals surface area contributed by atoms with Crippen LogP contribution in [0.25, 0.3) is 0 Å². The summed E-state index contributed by atoms with van der Waals surface area (Å²) >= 11 is 0. The number of sulfonamides is 1. The van der Waals surface area contributed by atoms with E-state index in [9.17, 15) is 13.2 Å². The molecule has 3 aromatic rings. The van der Waals surface area contributed by atoms with Crippen molar-refractivity contribution in [3.8, 4) is 5.75 Å². The average Bonchev–Trinajstić information content (AvgIpc) is 2.72. The molecular formula is C23H26N4O4S. The number of pyridine rings is 2. The molecule has 0 aliphatic heterocycles. The summed E-state index contributed by atoms with van der Waals surface area (Å²) in [5.74, 6) is 0.321. The average molecular weight is 455 g/mol. The van der Waals surface area contributed by atoms with Gasteiger partial charge < -0.3 is 10.1 Å². The Labute approximate surface area is 188 Å². The molecule has 0 fully saturated rings. The molecule has 8 nitrogen and oxygen atoms in total. The normalized spacial score (nSPS) is 11.2. The van der Waals surface area contributed by atoms with Crippen molar-refractivity contribution in [1.82, 2.24) is 14.7 Å². The third kappa shape index (κ3) is 6.12. The number of anilines is 1. The van der Waals surface area contributed by atoms with Crippen LogP contribution in [0.2, 0.25) is 0 Å². The molecule has 0 saturated heterocycles. The van der Waals surface area contributed by atoms with Crippen LogP contribution >= 0.6 is 0 Å².